The lowest BCUT2D eigenvalue weighted by atomic mass is 9.92. The molecule has 3 rings (SSSR count). The van der Waals surface area contributed by atoms with Crippen molar-refractivity contribution in [3.63, 3.8) is 0 Å². The zero-order chi connectivity index (χ0) is 16.6. The molecule has 1 amide bonds. The molecule has 0 radical (unpaired) electrons. The van der Waals surface area contributed by atoms with E-state index in [0.29, 0.717) is 36.9 Å². The fourth-order valence-corrected chi connectivity index (χ4v) is 4.29. The van der Waals surface area contributed by atoms with Crippen LogP contribution in [0, 0.1) is 11.8 Å². The van der Waals surface area contributed by atoms with Gasteiger partial charge in [-0.25, -0.2) is 12.7 Å². The van der Waals surface area contributed by atoms with Crippen LogP contribution in [0.3, 0.4) is 0 Å². The second-order valence-electron chi connectivity index (χ2n) is 6.43. The smallest absolute Gasteiger partial charge is 0.225 e. The molecular weight excluding hydrogens is 340 g/mol. The standard InChI is InChI=1S/C14H21ClN4O3S/c1-23(21,22)19-4-2-12(3-5-19)14(20)17-7-11(8-17)9-18-10-13(15)6-16-18/h6,10-12H,2-5,7-9H2,1H3. The number of carbonyl (C=O) groups is 1. The Morgan fingerprint density at radius 3 is 2.52 bits per heavy atom. The second-order valence-corrected chi connectivity index (χ2v) is 8.85. The summed E-state index contributed by atoms with van der Waals surface area (Å²) in [5, 5.41) is 4.77. The van der Waals surface area contributed by atoms with E-state index in [0.717, 1.165) is 19.6 Å². The molecule has 3 heterocycles. The fourth-order valence-electron chi connectivity index (χ4n) is 3.26. The van der Waals surface area contributed by atoms with Crippen LogP contribution in [0.25, 0.3) is 0 Å². The molecule has 0 saturated carbocycles. The average Bonchev–Trinajstić information content (AvgIpc) is 2.86. The van der Waals surface area contributed by atoms with E-state index in [4.69, 9.17) is 11.6 Å². The summed E-state index contributed by atoms with van der Waals surface area (Å²) >= 11 is 5.83. The van der Waals surface area contributed by atoms with Crippen molar-refractivity contribution in [1.82, 2.24) is 19.0 Å². The van der Waals surface area contributed by atoms with Gasteiger partial charge in [0, 0.05) is 50.8 Å². The molecule has 9 heteroatoms. The topological polar surface area (TPSA) is 75.5 Å². The van der Waals surface area contributed by atoms with Gasteiger partial charge in [-0.1, -0.05) is 11.6 Å². The van der Waals surface area contributed by atoms with Crippen LogP contribution in [0.1, 0.15) is 12.8 Å². The highest BCUT2D eigenvalue weighted by molar-refractivity contribution is 7.88. The Hall–Kier alpha value is -1.12. The summed E-state index contributed by atoms with van der Waals surface area (Å²) in [4.78, 5) is 14.3. The Labute approximate surface area is 141 Å². The molecular formula is C14H21ClN4O3S. The number of piperidine rings is 1. The van der Waals surface area contributed by atoms with Crippen molar-refractivity contribution < 1.29 is 13.2 Å². The molecule has 0 aromatic carbocycles. The van der Waals surface area contributed by atoms with Crippen molar-refractivity contribution in [2.75, 3.05) is 32.4 Å². The molecule has 0 N–H and O–H groups in total. The highest BCUT2D eigenvalue weighted by Gasteiger charge is 2.37. The van der Waals surface area contributed by atoms with Crippen LogP contribution in [-0.2, 0) is 21.4 Å². The molecule has 0 atom stereocenters. The number of hydrogen-bond donors (Lipinski definition) is 0. The summed E-state index contributed by atoms with van der Waals surface area (Å²) in [5.41, 5.74) is 0. The Balaban J connectivity index is 1.44. The fraction of sp³-hybridized carbons (Fsp3) is 0.714. The predicted molar refractivity (Wildman–Crippen MR) is 86.4 cm³/mol. The first-order valence-electron chi connectivity index (χ1n) is 7.75. The van der Waals surface area contributed by atoms with Crippen LogP contribution in [-0.4, -0.2) is 65.7 Å². The summed E-state index contributed by atoms with van der Waals surface area (Å²) in [6.45, 7) is 3.13. The van der Waals surface area contributed by atoms with Crippen LogP contribution >= 0.6 is 11.6 Å². The van der Waals surface area contributed by atoms with Gasteiger partial charge in [-0.05, 0) is 12.8 Å². The summed E-state index contributed by atoms with van der Waals surface area (Å²) in [7, 11) is -3.14. The van der Waals surface area contributed by atoms with E-state index in [9.17, 15) is 13.2 Å². The first kappa shape index (κ1) is 16.7. The number of sulfonamides is 1. The molecule has 2 fully saturated rings. The minimum Gasteiger partial charge on any atom is -0.342 e. The monoisotopic (exact) mass is 360 g/mol. The van der Waals surface area contributed by atoms with Gasteiger partial charge in [-0.15, -0.1) is 0 Å². The van der Waals surface area contributed by atoms with Crippen molar-refractivity contribution in [3.8, 4) is 0 Å². The molecule has 7 nitrogen and oxygen atoms in total. The molecule has 128 valence electrons. The third-order valence-electron chi connectivity index (χ3n) is 4.59. The number of carbonyl (C=O) groups excluding carboxylic acids is 1. The van der Waals surface area contributed by atoms with E-state index in [1.807, 2.05) is 4.90 Å². The largest absolute Gasteiger partial charge is 0.342 e. The molecule has 0 bridgehead atoms. The normalized spacial score (nSPS) is 21.4. The lowest BCUT2D eigenvalue weighted by molar-refractivity contribution is -0.143. The quantitative estimate of drug-likeness (QED) is 0.790. The van der Waals surface area contributed by atoms with Crippen molar-refractivity contribution >= 4 is 27.5 Å². The first-order valence-corrected chi connectivity index (χ1v) is 9.97. The first-order chi connectivity index (χ1) is 10.8. The maximum absolute atomic E-state index is 12.5. The van der Waals surface area contributed by atoms with Crippen molar-refractivity contribution in [2.24, 2.45) is 11.8 Å². The highest BCUT2D eigenvalue weighted by Crippen LogP contribution is 2.26. The average molecular weight is 361 g/mol. The molecule has 23 heavy (non-hydrogen) atoms. The minimum atomic E-state index is -3.14. The molecule has 2 saturated heterocycles. The number of halogens is 1. The maximum atomic E-state index is 12.5. The Bertz CT molecular complexity index is 676. The summed E-state index contributed by atoms with van der Waals surface area (Å²) in [6, 6.07) is 0. The number of amides is 1. The molecule has 0 aliphatic carbocycles. The van der Waals surface area contributed by atoms with Crippen molar-refractivity contribution in [1.29, 1.82) is 0 Å². The number of likely N-dealkylation sites (tertiary alicyclic amines) is 1. The molecule has 0 unspecified atom stereocenters. The van der Waals surface area contributed by atoms with Gasteiger partial charge in [0.2, 0.25) is 15.9 Å². The van der Waals surface area contributed by atoms with Gasteiger partial charge in [-0.3, -0.25) is 9.48 Å². The lowest BCUT2D eigenvalue weighted by Crippen LogP contribution is -2.54. The van der Waals surface area contributed by atoms with Gasteiger partial charge in [0.05, 0.1) is 17.5 Å². The Kier molecular flexibility index (Phi) is 4.66. The molecule has 2 aliphatic heterocycles. The van der Waals surface area contributed by atoms with Crippen LogP contribution in [0.4, 0.5) is 0 Å². The number of hydrogen-bond acceptors (Lipinski definition) is 4. The van der Waals surface area contributed by atoms with E-state index < -0.39 is 10.0 Å². The third-order valence-corrected chi connectivity index (χ3v) is 6.09. The zero-order valence-electron chi connectivity index (χ0n) is 13.1. The van der Waals surface area contributed by atoms with E-state index in [1.165, 1.54) is 10.6 Å². The van der Waals surface area contributed by atoms with E-state index in [-0.39, 0.29) is 11.8 Å². The minimum absolute atomic E-state index is 0.0481. The summed E-state index contributed by atoms with van der Waals surface area (Å²) in [6.07, 6.45) is 5.84. The van der Waals surface area contributed by atoms with Gasteiger partial charge in [-0.2, -0.15) is 5.10 Å². The summed E-state index contributed by atoms with van der Waals surface area (Å²) in [5.74, 6) is 0.520. The van der Waals surface area contributed by atoms with Crippen molar-refractivity contribution in [2.45, 2.75) is 19.4 Å². The van der Waals surface area contributed by atoms with Crippen LogP contribution in [0.2, 0.25) is 5.02 Å². The molecule has 1 aromatic heterocycles. The Morgan fingerprint density at radius 1 is 1.35 bits per heavy atom. The van der Waals surface area contributed by atoms with Gasteiger partial charge in [0.25, 0.3) is 0 Å². The Morgan fingerprint density at radius 2 is 2.00 bits per heavy atom. The highest BCUT2D eigenvalue weighted by atomic mass is 35.5. The predicted octanol–water partition coefficient (Wildman–Crippen LogP) is 0.666. The van der Waals surface area contributed by atoms with Gasteiger partial charge >= 0.3 is 0 Å². The van der Waals surface area contributed by atoms with Gasteiger partial charge in [0.1, 0.15) is 0 Å². The zero-order valence-corrected chi connectivity index (χ0v) is 14.6. The van der Waals surface area contributed by atoms with Crippen LogP contribution < -0.4 is 0 Å². The molecule has 2 aliphatic rings. The van der Waals surface area contributed by atoms with Gasteiger partial charge in [0.15, 0.2) is 0 Å². The number of aromatic nitrogens is 2. The van der Waals surface area contributed by atoms with Crippen LogP contribution in [0.5, 0.6) is 0 Å². The molecule has 1 aromatic rings. The maximum Gasteiger partial charge on any atom is 0.225 e. The lowest BCUT2D eigenvalue weighted by Gasteiger charge is -2.42. The SMILES string of the molecule is CS(=O)(=O)N1CCC(C(=O)N2CC(Cn3cc(Cl)cn3)C2)CC1. The second kappa shape index (κ2) is 6.41. The summed E-state index contributed by atoms with van der Waals surface area (Å²) < 4.78 is 26.3. The van der Waals surface area contributed by atoms with E-state index in [1.54, 1.807) is 17.1 Å². The number of rotatable bonds is 4. The molecule has 0 spiro atoms. The van der Waals surface area contributed by atoms with Crippen molar-refractivity contribution in [3.05, 3.63) is 17.4 Å². The number of nitrogens with zero attached hydrogens (tertiary/aromatic N) is 4. The van der Waals surface area contributed by atoms with E-state index >= 15 is 0 Å². The van der Waals surface area contributed by atoms with Crippen LogP contribution in [0.15, 0.2) is 12.4 Å². The third kappa shape index (κ3) is 3.87. The van der Waals surface area contributed by atoms with Gasteiger partial charge < -0.3 is 4.90 Å². The van der Waals surface area contributed by atoms with E-state index in [2.05, 4.69) is 5.10 Å².